The molecule has 4 nitrogen and oxygen atoms in total. The van der Waals surface area contributed by atoms with Crippen LogP contribution in [0.4, 0.5) is 5.69 Å². The Bertz CT molecular complexity index is 827. The summed E-state index contributed by atoms with van der Waals surface area (Å²) in [7, 11) is 0. The Morgan fingerprint density at radius 3 is 2.39 bits per heavy atom. The van der Waals surface area contributed by atoms with E-state index < -0.39 is 17.7 Å². The van der Waals surface area contributed by atoms with Crippen molar-refractivity contribution in [3.63, 3.8) is 0 Å². The van der Waals surface area contributed by atoms with Crippen molar-refractivity contribution in [2.24, 2.45) is 0 Å². The van der Waals surface area contributed by atoms with Crippen molar-refractivity contribution in [3.05, 3.63) is 63.6 Å². The van der Waals surface area contributed by atoms with E-state index in [0.29, 0.717) is 16.8 Å². The third-order valence-electron chi connectivity index (χ3n) is 3.96. The van der Waals surface area contributed by atoms with E-state index in [1.54, 1.807) is 43.3 Å². The van der Waals surface area contributed by atoms with Crippen LogP contribution in [0.15, 0.2) is 46.9 Å². The fourth-order valence-corrected chi connectivity index (χ4v) is 3.00. The summed E-state index contributed by atoms with van der Waals surface area (Å²) in [5.41, 5.74) is 2.27. The minimum Gasteiger partial charge on any atom is -0.294 e. The van der Waals surface area contributed by atoms with Gasteiger partial charge >= 0.3 is 0 Å². The molecule has 0 N–H and O–H groups in total. The third kappa shape index (κ3) is 2.61. The van der Waals surface area contributed by atoms with E-state index in [2.05, 4.69) is 15.9 Å². The summed E-state index contributed by atoms with van der Waals surface area (Å²) in [5.74, 6) is -1.41. The molecule has 2 aromatic rings. The molecule has 5 heteroatoms. The summed E-state index contributed by atoms with van der Waals surface area (Å²) in [6.07, 6.45) is 0. The SMILES string of the molecule is Cc1ccc2c(c1)C(=O)C(=O)N2C(C)C(=O)c1ccc(Br)cc1. The average Bonchev–Trinajstić information content (AvgIpc) is 2.78. The molecule has 1 heterocycles. The summed E-state index contributed by atoms with van der Waals surface area (Å²) < 4.78 is 0.870. The number of halogens is 1. The molecule has 116 valence electrons. The number of benzene rings is 2. The van der Waals surface area contributed by atoms with Gasteiger partial charge in [-0.2, -0.15) is 0 Å². The molecule has 0 saturated heterocycles. The molecule has 0 saturated carbocycles. The summed E-state index contributed by atoms with van der Waals surface area (Å²) in [4.78, 5) is 38.4. The van der Waals surface area contributed by atoms with Gasteiger partial charge in [-0.25, -0.2) is 0 Å². The second-order valence-corrected chi connectivity index (χ2v) is 6.49. The molecule has 0 spiro atoms. The van der Waals surface area contributed by atoms with Gasteiger partial charge in [0.1, 0.15) is 0 Å². The van der Waals surface area contributed by atoms with E-state index in [-0.39, 0.29) is 5.78 Å². The van der Waals surface area contributed by atoms with Crippen molar-refractivity contribution >= 4 is 39.1 Å². The molecular weight excluding hydrogens is 358 g/mol. The van der Waals surface area contributed by atoms with Crippen LogP contribution in [0.1, 0.15) is 33.2 Å². The first-order valence-corrected chi connectivity index (χ1v) is 7.98. The predicted octanol–water partition coefficient (Wildman–Crippen LogP) is 3.56. The molecule has 0 aliphatic carbocycles. The molecule has 1 aliphatic heterocycles. The zero-order valence-corrected chi connectivity index (χ0v) is 14.3. The molecule has 3 rings (SSSR count). The molecule has 0 aromatic heterocycles. The van der Waals surface area contributed by atoms with Gasteiger partial charge in [0.2, 0.25) is 0 Å². The Kier molecular flexibility index (Phi) is 3.90. The first-order valence-electron chi connectivity index (χ1n) is 7.18. The number of nitrogens with zero attached hydrogens (tertiary/aromatic N) is 1. The van der Waals surface area contributed by atoms with Crippen LogP contribution in [0.5, 0.6) is 0 Å². The fraction of sp³-hybridized carbons (Fsp3) is 0.167. The zero-order valence-electron chi connectivity index (χ0n) is 12.7. The first kappa shape index (κ1) is 15.6. The lowest BCUT2D eigenvalue weighted by Crippen LogP contribution is -2.42. The van der Waals surface area contributed by atoms with Crippen LogP contribution in [0.25, 0.3) is 0 Å². The van der Waals surface area contributed by atoms with E-state index in [9.17, 15) is 14.4 Å². The number of carbonyl (C=O) groups excluding carboxylic acids is 3. The largest absolute Gasteiger partial charge is 0.300 e. The lowest BCUT2D eigenvalue weighted by Gasteiger charge is -2.23. The van der Waals surface area contributed by atoms with Crippen LogP contribution in [0.3, 0.4) is 0 Å². The van der Waals surface area contributed by atoms with E-state index in [4.69, 9.17) is 0 Å². The molecule has 2 aromatic carbocycles. The highest BCUT2D eigenvalue weighted by Crippen LogP contribution is 2.32. The number of fused-ring (bicyclic) bond motifs is 1. The molecule has 0 radical (unpaired) electrons. The standard InChI is InChI=1S/C18H14BrNO3/c1-10-3-8-15-14(9-10)17(22)18(23)20(15)11(2)16(21)12-4-6-13(19)7-5-12/h3-9,11H,1-2H3. The summed E-state index contributed by atoms with van der Waals surface area (Å²) in [6, 6.07) is 11.4. The lowest BCUT2D eigenvalue weighted by atomic mass is 10.0. The Labute approximate surface area is 142 Å². The Hall–Kier alpha value is -2.27. The van der Waals surface area contributed by atoms with Gasteiger partial charge in [-0.1, -0.05) is 39.7 Å². The van der Waals surface area contributed by atoms with Gasteiger partial charge in [0, 0.05) is 10.0 Å². The molecule has 1 atom stereocenters. The van der Waals surface area contributed by atoms with Crippen molar-refractivity contribution in [2.75, 3.05) is 4.90 Å². The van der Waals surface area contributed by atoms with E-state index in [0.717, 1.165) is 10.0 Å². The first-order chi connectivity index (χ1) is 10.9. The van der Waals surface area contributed by atoms with E-state index >= 15 is 0 Å². The molecule has 23 heavy (non-hydrogen) atoms. The van der Waals surface area contributed by atoms with Gasteiger partial charge in [0.05, 0.1) is 17.3 Å². The van der Waals surface area contributed by atoms with Crippen molar-refractivity contribution in [3.8, 4) is 0 Å². The number of anilines is 1. The molecule has 1 aliphatic rings. The minimum absolute atomic E-state index is 0.202. The number of hydrogen-bond acceptors (Lipinski definition) is 3. The third-order valence-corrected chi connectivity index (χ3v) is 4.49. The van der Waals surface area contributed by atoms with Crippen LogP contribution in [-0.2, 0) is 4.79 Å². The highest BCUT2D eigenvalue weighted by atomic mass is 79.9. The minimum atomic E-state index is -0.739. The van der Waals surface area contributed by atoms with E-state index in [1.165, 1.54) is 4.90 Å². The highest BCUT2D eigenvalue weighted by Gasteiger charge is 2.40. The van der Waals surface area contributed by atoms with Crippen LogP contribution < -0.4 is 4.90 Å². The van der Waals surface area contributed by atoms with Crippen LogP contribution in [0.2, 0.25) is 0 Å². The predicted molar refractivity (Wildman–Crippen MR) is 90.9 cm³/mol. The molecule has 1 amide bonds. The summed E-state index contributed by atoms with van der Waals surface area (Å²) in [5, 5.41) is 0. The molecular formula is C18H14BrNO3. The highest BCUT2D eigenvalue weighted by molar-refractivity contribution is 9.10. The lowest BCUT2D eigenvalue weighted by molar-refractivity contribution is -0.114. The topological polar surface area (TPSA) is 54.5 Å². The van der Waals surface area contributed by atoms with E-state index in [1.807, 2.05) is 13.0 Å². The number of hydrogen-bond donors (Lipinski definition) is 0. The van der Waals surface area contributed by atoms with Crippen LogP contribution in [-0.4, -0.2) is 23.5 Å². The van der Waals surface area contributed by atoms with Crippen molar-refractivity contribution in [2.45, 2.75) is 19.9 Å². The number of Topliss-reactive ketones (excluding diaryl/α,β-unsaturated/α-hetero) is 2. The van der Waals surface area contributed by atoms with Gasteiger partial charge in [0.15, 0.2) is 5.78 Å². The molecule has 0 fully saturated rings. The van der Waals surface area contributed by atoms with Gasteiger partial charge in [-0.15, -0.1) is 0 Å². The fourth-order valence-electron chi connectivity index (χ4n) is 2.73. The van der Waals surface area contributed by atoms with Gasteiger partial charge in [-0.05, 0) is 38.1 Å². The smallest absolute Gasteiger partial charge is 0.294 e. The van der Waals surface area contributed by atoms with Crippen molar-refractivity contribution < 1.29 is 14.4 Å². The average molecular weight is 372 g/mol. The number of ketones is 2. The summed E-state index contributed by atoms with van der Waals surface area (Å²) >= 11 is 3.32. The Morgan fingerprint density at radius 2 is 1.74 bits per heavy atom. The van der Waals surface area contributed by atoms with Crippen molar-refractivity contribution in [1.29, 1.82) is 0 Å². The van der Waals surface area contributed by atoms with Gasteiger partial charge in [0.25, 0.3) is 11.7 Å². The second-order valence-electron chi connectivity index (χ2n) is 5.57. The number of carbonyl (C=O) groups is 3. The maximum atomic E-state index is 12.7. The van der Waals surface area contributed by atoms with Crippen molar-refractivity contribution in [1.82, 2.24) is 0 Å². The van der Waals surface area contributed by atoms with Crippen LogP contribution >= 0.6 is 15.9 Å². The van der Waals surface area contributed by atoms with Crippen LogP contribution in [0, 0.1) is 6.92 Å². The second kappa shape index (κ2) is 5.74. The number of amides is 1. The zero-order chi connectivity index (χ0) is 16.7. The normalized spacial score (nSPS) is 14.8. The van der Waals surface area contributed by atoms with Gasteiger partial charge in [-0.3, -0.25) is 19.3 Å². The molecule has 1 unspecified atom stereocenters. The quantitative estimate of drug-likeness (QED) is 0.612. The summed E-state index contributed by atoms with van der Waals surface area (Å²) in [6.45, 7) is 3.50. The maximum absolute atomic E-state index is 12.7. The number of aryl methyl sites for hydroxylation is 1. The Morgan fingerprint density at radius 1 is 1.09 bits per heavy atom. The maximum Gasteiger partial charge on any atom is 0.300 e. The number of rotatable bonds is 3. The Balaban J connectivity index is 1.98. The molecule has 0 bridgehead atoms. The monoisotopic (exact) mass is 371 g/mol. The van der Waals surface area contributed by atoms with Gasteiger partial charge < -0.3 is 0 Å².